The second-order valence-electron chi connectivity index (χ2n) is 4.89. The summed E-state index contributed by atoms with van der Waals surface area (Å²) in [6, 6.07) is 10.6. The van der Waals surface area contributed by atoms with E-state index in [1.807, 2.05) is 0 Å². The lowest BCUT2D eigenvalue weighted by atomic mass is 9.84. The van der Waals surface area contributed by atoms with Crippen LogP contribution in [-0.2, 0) is 6.42 Å². The molecule has 1 aromatic rings. The fourth-order valence-corrected chi connectivity index (χ4v) is 2.09. The van der Waals surface area contributed by atoms with Gasteiger partial charge < -0.3 is 0 Å². The number of hydrogen-bond acceptors (Lipinski definition) is 1. The summed E-state index contributed by atoms with van der Waals surface area (Å²) >= 11 is 0. The van der Waals surface area contributed by atoms with Gasteiger partial charge >= 0.3 is 0 Å². The zero-order chi connectivity index (χ0) is 10.7. The van der Waals surface area contributed by atoms with Crippen LogP contribution in [0.4, 0.5) is 0 Å². The Kier molecular flexibility index (Phi) is 2.90. The molecule has 0 saturated heterocycles. The molecule has 0 amide bonds. The molecule has 1 unspecified atom stereocenters. The van der Waals surface area contributed by atoms with Crippen molar-refractivity contribution in [2.24, 2.45) is 10.4 Å². The van der Waals surface area contributed by atoms with Crippen LogP contribution >= 0.6 is 0 Å². The molecule has 0 spiro atoms. The van der Waals surface area contributed by atoms with E-state index in [9.17, 15) is 0 Å². The van der Waals surface area contributed by atoms with Crippen molar-refractivity contribution < 1.29 is 0 Å². The molecule has 1 heterocycles. The Balaban J connectivity index is 1.99. The van der Waals surface area contributed by atoms with Gasteiger partial charge in [0.05, 0.1) is 0 Å². The average molecular weight is 201 g/mol. The van der Waals surface area contributed by atoms with Crippen LogP contribution in [0.15, 0.2) is 35.3 Å². The highest BCUT2D eigenvalue weighted by Gasteiger charge is 2.28. The van der Waals surface area contributed by atoms with E-state index in [0.29, 0.717) is 5.41 Å². The standard InChI is InChI=1S/C14H19N/c1-3-14(2)10-13(15-11-14)9-12-7-5-4-6-8-12/h4-8H,3,9-11H2,1-2H3. The lowest BCUT2D eigenvalue weighted by Crippen LogP contribution is -2.16. The van der Waals surface area contributed by atoms with E-state index in [2.05, 4.69) is 49.2 Å². The minimum Gasteiger partial charge on any atom is -0.293 e. The van der Waals surface area contributed by atoms with E-state index in [1.54, 1.807) is 0 Å². The molecular formula is C14H19N. The summed E-state index contributed by atoms with van der Waals surface area (Å²) in [6.07, 6.45) is 3.45. The number of aliphatic imine (C=N–C) groups is 1. The summed E-state index contributed by atoms with van der Waals surface area (Å²) in [4.78, 5) is 4.67. The van der Waals surface area contributed by atoms with Crippen LogP contribution in [-0.4, -0.2) is 12.3 Å². The summed E-state index contributed by atoms with van der Waals surface area (Å²) in [5.41, 5.74) is 3.20. The first-order chi connectivity index (χ1) is 7.22. The lowest BCUT2D eigenvalue weighted by Gasteiger charge is -2.19. The van der Waals surface area contributed by atoms with Crippen molar-refractivity contribution in [1.29, 1.82) is 0 Å². The molecule has 0 aliphatic carbocycles. The fourth-order valence-electron chi connectivity index (χ4n) is 2.09. The van der Waals surface area contributed by atoms with Crippen molar-refractivity contribution in [3.8, 4) is 0 Å². The molecule has 1 aliphatic heterocycles. The molecule has 1 aliphatic rings. The third-order valence-corrected chi connectivity index (χ3v) is 3.42. The van der Waals surface area contributed by atoms with Gasteiger partial charge in [0.2, 0.25) is 0 Å². The molecule has 0 radical (unpaired) electrons. The highest BCUT2D eigenvalue weighted by Crippen LogP contribution is 2.32. The second-order valence-corrected chi connectivity index (χ2v) is 4.89. The molecule has 2 rings (SSSR count). The molecular weight excluding hydrogens is 182 g/mol. The molecule has 80 valence electrons. The molecule has 0 saturated carbocycles. The maximum atomic E-state index is 4.67. The molecule has 1 aromatic carbocycles. The molecule has 1 atom stereocenters. The Morgan fingerprint density at radius 2 is 2.00 bits per heavy atom. The van der Waals surface area contributed by atoms with Gasteiger partial charge in [-0.3, -0.25) is 4.99 Å². The van der Waals surface area contributed by atoms with Crippen LogP contribution in [0, 0.1) is 5.41 Å². The minimum absolute atomic E-state index is 0.435. The van der Waals surface area contributed by atoms with Gasteiger partial charge in [-0.15, -0.1) is 0 Å². The number of hydrogen-bond donors (Lipinski definition) is 0. The van der Waals surface area contributed by atoms with Gasteiger partial charge in [-0.2, -0.15) is 0 Å². The molecule has 1 heteroatoms. The predicted molar refractivity (Wildman–Crippen MR) is 65.5 cm³/mol. The van der Waals surface area contributed by atoms with Crippen molar-refractivity contribution in [1.82, 2.24) is 0 Å². The van der Waals surface area contributed by atoms with Crippen LogP contribution in [0.25, 0.3) is 0 Å². The summed E-state index contributed by atoms with van der Waals surface area (Å²) in [7, 11) is 0. The summed E-state index contributed by atoms with van der Waals surface area (Å²) in [5.74, 6) is 0. The normalized spacial score (nSPS) is 25.3. The highest BCUT2D eigenvalue weighted by molar-refractivity contribution is 5.88. The number of rotatable bonds is 3. The van der Waals surface area contributed by atoms with Gasteiger partial charge in [-0.05, 0) is 23.8 Å². The monoisotopic (exact) mass is 201 g/mol. The maximum Gasteiger partial charge on any atom is 0.0446 e. The molecule has 15 heavy (non-hydrogen) atoms. The first kappa shape index (κ1) is 10.4. The van der Waals surface area contributed by atoms with Crippen molar-refractivity contribution in [3.63, 3.8) is 0 Å². The summed E-state index contributed by atoms with van der Waals surface area (Å²) in [6.45, 7) is 5.63. The maximum absolute atomic E-state index is 4.67. The van der Waals surface area contributed by atoms with Gasteiger partial charge in [-0.25, -0.2) is 0 Å². The average Bonchev–Trinajstić information content (AvgIpc) is 2.63. The van der Waals surface area contributed by atoms with Crippen LogP contribution < -0.4 is 0 Å². The molecule has 1 nitrogen and oxygen atoms in total. The van der Waals surface area contributed by atoms with Crippen LogP contribution in [0.1, 0.15) is 32.3 Å². The Labute approximate surface area is 92.2 Å². The van der Waals surface area contributed by atoms with Crippen molar-refractivity contribution >= 4 is 5.71 Å². The highest BCUT2D eigenvalue weighted by atomic mass is 14.8. The Morgan fingerprint density at radius 1 is 1.27 bits per heavy atom. The zero-order valence-electron chi connectivity index (χ0n) is 9.66. The van der Waals surface area contributed by atoms with E-state index >= 15 is 0 Å². The van der Waals surface area contributed by atoms with E-state index in [-0.39, 0.29) is 0 Å². The quantitative estimate of drug-likeness (QED) is 0.710. The third kappa shape index (κ3) is 2.47. The van der Waals surface area contributed by atoms with Gasteiger partial charge in [0, 0.05) is 18.7 Å². The van der Waals surface area contributed by atoms with Gasteiger partial charge in [0.25, 0.3) is 0 Å². The second kappa shape index (κ2) is 4.18. The van der Waals surface area contributed by atoms with E-state index in [0.717, 1.165) is 13.0 Å². The first-order valence-corrected chi connectivity index (χ1v) is 5.78. The third-order valence-electron chi connectivity index (χ3n) is 3.42. The van der Waals surface area contributed by atoms with E-state index < -0.39 is 0 Å². The smallest absolute Gasteiger partial charge is 0.0446 e. The molecule has 0 N–H and O–H groups in total. The summed E-state index contributed by atoms with van der Waals surface area (Å²) < 4.78 is 0. The summed E-state index contributed by atoms with van der Waals surface area (Å²) in [5, 5.41) is 0. The first-order valence-electron chi connectivity index (χ1n) is 5.78. The van der Waals surface area contributed by atoms with Gasteiger partial charge in [-0.1, -0.05) is 44.2 Å². The van der Waals surface area contributed by atoms with Crippen LogP contribution in [0.5, 0.6) is 0 Å². The molecule has 0 aromatic heterocycles. The van der Waals surface area contributed by atoms with E-state index in [4.69, 9.17) is 0 Å². The Bertz CT molecular complexity index is 353. The van der Waals surface area contributed by atoms with Crippen molar-refractivity contribution in [3.05, 3.63) is 35.9 Å². The number of benzene rings is 1. The Hall–Kier alpha value is -1.11. The Morgan fingerprint density at radius 3 is 2.60 bits per heavy atom. The minimum atomic E-state index is 0.435. The lowest BCUT2D eigenvalue weighted by molar-refractivity contribution is 0.359. The van der Waals surface area contributed by atoms with Crippen molar-refractivity contribution in [2.45, 2.75) is 33.1 Å². The topological polar surface area (TPSA) is 12.4 Å². The largest absolute Gasteiger partial charge is 0.293 e. The number of nitrogens with zero attached hydrogens (tertiary/aromatic N) is 1. The molecule has 0 fully saturated rings. The predicted octanol–water partition coefficient (Wildman–Crippen LogP) is 3.49. The SMILES string of the molecule is CCC1(C)CN=C(Cc2ccccc2)C1. The van der Waals surface area contributed by atoms with Crippen LogP contribution in [0.2, 0.25) is 0 Å². The fraction of sp³-hybridized carbons (Fsp3) is 0.500. The van der Waals surface area contributed by atoms with Crippen molar-refractivity contribution in [2.75, 3.05) is 6.54 Å². The molecule has 0 bridgehead atoms. The van der Waals surface area contributed by atoms with Gasteiger partial charge in [0.15, 0.2) is 0 Å². The van der Waals surface area contributed by atoms with Gasteiger partial charge in [0.1, 0.15) is 0 Å². The van der Waals surface area contributed by atoms with Crippen LogP contribution in [0.3, 0.4) is 0 Å². The van der Waals surface area contributed by atoms with E-state index in [1.165, 1.54) is 24.1 Å². The zero-order valence-corrected chi connectivity index (χ0v) is 9.66.